The summed E-state index contributed by atoms with van der Waals surface area (Å²) in [5, 5.41) is 18.3. The summed E-state index contributed by atoms with van der Waals surface area (Å²) >= 11 is 0. The van der Waals surface area contributed by atoms with Crippen molar-refractivity contribution in [2.45, 2.75) is 90.3 Å². The smallest absolute Gasteiger partial charge is 0.131 e. The van der Waals surface area contributed by atoms with Gasteiger partial charge in [-0.3, -0.25) is 0 Å². The molecule has 0 spiro atoms. The van der Waals surface area contributed by atoms with Gasteiger partial charge in [0.15, 0.2) is 0 Å². The van der Waals surface area contributed by atoms with E-state index < -0.39 is 6.10 Å². The Morgan fingerprint density at radius 3 is 2.30 bits per heavy atom. The van der Waals surface area contributed by atoms with E-state index in [1.165, 1.54) is 51.4 Å². The highest BCUT2D eigenvalue weighted by Gasteiger charge is 2.23. The molecule has 0 atom stereocenters. The number of aliphatic hydroxyl groups excluding tert-OH is 2. The fraction of sp³-hybridized carbons (Fsp3) is 0.586. The SMILES string of the molecule is CCCCCC1CCC(c2ccc(-c3ccc(COC(CO)CO)cc3CC)c(F)c2)CC1. The van der Waals surface area contributed by atoms with E-state index in [9.17, 15) is 10.2 Å². The fourth-order valence-corrected chi connectivity index (χ4v) is 5.14. The second kappa shape index (κ2) is 13.2. The standard InChI is InChI=1S/C29H41FO3/c1-3-5-6-7-21-8-11-24(12-9-21)25-13-15-28(29(30)17-25)27-14-10-22(16-23(27)4-2)20-33-26(18-31)19-32/h10,13-17,21,24,26,31-32H,3-9,11-12,18-20H2,1-2H3. The van der Waals surface area contributed by atoms with Gasteiger partial charge in [-0.05, 0) is 72.3 Å². The van der Waals surface area contributed by atoms with E-state index in [4.69, 9.17) is 4.74 Å². The van der Waals surface area contributed by atoms with Crippen molar-refractivity contribution in [2.75, 3.05) is 13.2 Å². The minimum atomic E-state index is -0.578. The van der Waals surface area contributed by atoms with Crippen LogP contribution in [0.4, 0.5) is 4.39 Å². The van der Waals surface area contributed by atoms with E-state index in [2.05, 4.69) is 19.9 Å². The lowest BCUT2D eigenvalue weighted by molar-refractivity contribution is -0.0285. The number of benzene rings is 2. The highest BCUT2D eigenvalue weighted by atomic mass is 19.1. The molecule has 4 heteroatoms. The zero-order valence-electron chi connectivity index (χ0n) is 20.4. The first kappa shape index (κ1) is 25.9. The predicted octanol–water partition coefficient (Wildman–Crippen LogP) is 6.78. The summed E-state index contributed by atoms with van der Waals surface area (Å²) in [6.07, 6.45) is 10.4. The zero-order chi connectivity index (χ0) is 23.6. The van der Waals surface area contributed by atoms with Crippen molar-refractivity contribution in [1.29, 1.82) is 0 Å². The van der Waals surface area contributed by atoms with Gasteiger partial charge in [0.1, 0.15) is 11.9 Å². The number of hydrogen-bond acceptors (Lipinski definition) is 3. The maximum absolute atomic E-state index is 15.3. The van der Waals surface area contributed by atoms with Crippen LogP contribution in [0, 0.1) is 11.7 Å². The first-order chi connectivity index (χ1) is 16.1. The second-order valence-corrected chi connectivity index (χ2v) is 9.60. The third-order valence-electron chi connectivity index (χ3n) is 7.26. The third kappa shape index (κ3) is 7.11. The van der Waals surface area contributed by atoms with Gasteiger partial charge in [0.05, 0.1) is 19.8 Å². The molecule has 3 nitrogen and oxygen atoms in total. The topological polar surface area (TPSA) is 49.7 Å². The molecule has 3 rings (SSSR count). The lowest BCUT2D eigenvalue weighted by Crippen LogP contribution is -2.21. The maximum atomic E-state index is 15.3. The molecular weight excluding hydrogens is 415 g/mol. The average Bonchev–Trinajstić information content (AvgIpc) is 2.85. The molecule has 0 radical (unpaired) electrons. The van der Waals surface area contributed by atoms with E-state index in [1.54, 1.807) is 6.07 Å². The molecule has 1 saturated carbocycles. The molecule has 33 heavy (non-hydrogen) atoms. The summed E-state index contributed by atoms with van der Waals surface area (Å²) in [6, 6.07) is 11.8. The van der Waals surface area contributed by atoms with E-state index in [0.717, 1.165) is 34.6 Å². The average molecular weight is 457 g/mol. The van der Waals surface area contributed by atoms with Crippen LogP contribution in [0.3, 0.4) is 0 Å². The molecule has 0 bridgehead atoms. The highest BCUT2D eigenvalue weighted by molar-refractivity contribution is 5.69. The van der Waals surface area contributed by atoms with Gasteiger partial charge in [-0.1, -0.05) is 69.9 Å². The number of aliphatic hydroxyl groups is 2. The van der Waals surface area contributed by atoms with Gasteiger partial charge in [-0.25, -0.2) is 4.39 Å². The molecule has 0 unspecified atom stereocenters. The molecular formula is C29H41FO3. The van der Waals surface area contributed by atoms with E-state index >= 15 is 4.39 Å². The summed E-state index contributed by atoms with van der Waals surface area (Å²) in [5.74, 6) is 1.19. The van der Waals surface area contributed by atoms with Crippen molar-refractivity contribution >= 4 is 0 Å². The second-order valence-electron chi connectivity index (χ2n) is 9.60. The van der Waals surface area contributed by atoms with Crippen LogP contribution >= 0.6 is 0 Å². The Bertz CT molecular complexity index is 854. The number of unbranched alkanes of at least 4 members (excludes halogenated alkanes) is 2. The molecule has 0 saturated heterocycles. The first-order valence-electron chi connectivity index (χ1n) is 12.8. The van der Waals surface area contributed by atoms with Crippen molar-refractivity contribution in [1.82, 2.24) is 0 Å². The molecule has 2 N–H and O–H groups in total. The largest absolute Gasteiger partial charge is 0.394 e. The summed E-state index contributed by atoms with van der Waals surface area (Å²) in [4.78, 5) is 0. The molecule has 1 aliphatic rings. The monoisotopic (exact) mass is 456 g/mol. The van der Waals surface area contributed by atoms with Gasteiger partial charge in [-0.2, -0.15) is 0 Å². The van der Waals surface area contributed by atoms with Crippen LogP contribution in [0.1, 0.15) is 87.8 Å². The molecule has 2 aromatic carbocycles. The molecule has 0 aliphatic heterocycles. The predicted molar refractivity (Wildman–Crippen MR) is 133 cm³/mol. The summed E-state index contributed by atoms with van der Waals surface area (Å²) in [6.45, 7) is 4.20. The van der Waals surface area contributed by atoms with Crippen molar-refractivity contribution in [3.8, 4) is 11.1 Å². The third-order valence-corrected chi connectivity index (χ3v) is 7.26. The van der Waals surface area contributed by atoms with Crippen molar-refractivity contribution < 1.29 is 19.3 Å². The van der Waals surface area contributed by atoms with E-state index in [1.807, 2.05) is 24.3 Å². The minimum absolute atomic E-state index is 0.142. The first-order valence-corrected chi connectivity index (χ1v) is 12.8. The normalized spacial score (nSPS) is 18.7. The Hall–Kier alpha value is -1.75. The number of hydrogen-bond donors (Lipinski definition) is 2. The van der Waals surface area contributed by atoms with E-state index in [0.29, 0.717) is 18.1 Å². The Balaban J connectivity index is 1.67. The molecule has 182 valence electrons. The molecule has 1 fully saturated rings. The Morgan fingerprint density at radius 1 is 0.939 bits per heavy atom. The van der Waals surface area contributed by atoms with Gasteiger partial charge in [0, 0.05) is 5.56 Å². The van der Waals surface area contributed by atoms with Crippen LogP contribution in [0.2, 0.25) is 0 Å². The van der Waals surface area contributed by atoms with Crippen molar-refractivity contribution in [3.05, 3.63) is 58.9 Å². The minimum Gasteiger partial charge on any atom is -0.394 e. The molecule has 2 aromatic rings. The highest BCUT2D eigenvalue weighted by Crippen LogP contribution is 2.39. The lowest BCUT2D eigenvalue weighted by Gasteiger charge is -2.29. The number of halogens is 1. The number of aryl methyl sites for hydroxylation is 1. The zero-order valence-corrected chi connectivity index (χ0v) is 20.4. The summed E-state index contributed by atoms with van der Waals surface area (Å²) in [5.41, 5.74) is 4.74. The molecule has 0 aromatic heterocycles. The van der Waals surface area contributed by atoms with Crippen LogP contribution in [-0.4, -0.2) is 29.5 Å². The Morgan fingerprint density at radius 2 is 1.67 bits per heavy atom. The quantitative estimate of drug-likeness (QED) is 0.346. The van der Waals surface area contributed by atoms with Crippen LogP contribution in [-0.2, 0) is 17.8 Å². The van der Waals surface area contributed by atoms with Gasteiger partial charge in [-0.15, -0.1) is 0 Å². The van der Waals surface area contributed by atoms with Crippen LogP contribution < -0.4 is 0 Å². The van der Waals surface area contributed by atoms with Gasteiger partial charge >= 0.3 is 0 Å². The van der Waals surface area contributed by atoms with Gasteiger partial charge in [0.2, 0.25) is 0 Å². The number of rotatable bonds is 12. The Labute approximate surface area is 199 Å². The van der Waals surface area contributed by atoms with Crippen molar-refractivity contribution in [2.24, 2.45) is 5.92 Å². The van der Waals surface area contributed by atoms with Crippen molar-refractivity contribution in [3.63, 3.8) is 0 Å². The maximum Gasteiger partial charge on any atom is 0.131 e. The van der Waals surface area contributed by atoms with Gasteiger partial charge in [0.25, 0.3) is 0 Å². The Kier molecular flexibility index (Phi) is 10.4. The summed E-state index contributed by atoms with van der Waals surface area (Å²) in [7, 11) is 0. The molecule has 0 heterocycles. The molecule has 0 amide bonds. The van der Waals surface area contributed by atoms with Crippen LogP contribution in [0.15, 0.2) is 36.4 Å². The van der Waals surface area contributed by atoms with Gasteiger partial charge < -0.3 is 14.9 Å². The summed E-state index contributed by atoms with van der Waals surface area (Å²) < 4.78 is 20.8. The number of ether oxygens (including phenoxy) is 1. The molecule has 1 aliphatic carbocycles. The fourth-order valence-electron chi connectivity index (χ4n) is 5.14. The van der Waals surface area contributed by atoms with Crippen LogP contribution in [0.25, 0.3) is 11.1 Å². The van der Waals surface area contributed by atoms with Crippen LogP contribution in [0.5, 0.6) is 0 Å². The lowest BCUT2D eigenvalue weighted by atomic mass is 9.77. The van der Waals surface area contributed by atoms with E-state index in [-0.39, 0.29) is 19.0 Å².